The Morgan fingerprint density at radius 3 is 2.68 bits per heavy atom. The van der Waals surface area contributed by atoms with Crippen LogP contribution in [0.4, 0.5) is 10.5 Å². The molecule has 0 N–H and O–H groups in total. The van der Waals surface area contributed by atoms with Crippen molar-refractivity contribution in [1.82, 2.24) is 9.47 Å². The number of carbonyl (C=O) groups is 1. The molecule has 0 spiro atoms. The van der Waals surface area contributed by atoms with Crippen molar-refractivity contribution in [2.24, 2.45) is 0 Å². The number of benzene rings is 2. The predicted octanol–water partition coefficient (Wildman–Crippen LogP) is 5.34. The third kappa shape index (κ3) is 5.49. The van der Waals surface area contributed by atoms with Crippen LogP contribution in [-0.4, -0.2) is 48.4 Å². The summed E-state index contributed by atoms with van der Waals surface area (Å²) in [6, 6.07) is 14.5. The molecule has 0 amide bonds. The molecule has 1 aromatic heterocycles. The monoisotopic (exact) mass is 503 g/mol. The maximum absolute atomic E-state index is 12.7. The first-order valence-electron chi connectivity index (χ1n) is 12.9. The molecule has 0 saturated carbocycles. The van der Waals surface area contributed by atoms with Crippen molar-refractivity contribution >= 4 is 28.5 Å². The van der Waals surface area contributed by atoms with Crippen LogP contribution in [0.3, 0.4) is 0 Å². The molecule has 2 aromatic carbocycles. The van der Waals surface area contributed by atoms with Gasteiger partial charge in [-0.05, 0) is 55.5 Å². The summed E-state index contributed by atoms with van der Waals surface area (Å²) in [5.74, 6) is -0.568. The van der Waals surface area contributed by atoms with E-state index in [-0.39, 0.29) is 6.61 Å². The highest BCUT2D eigenvalue weighted by Gasteiger charge is 2.24. The van der Waals surface area contributed by atoms with Gasteiger partial charge >= 0.3 is 11.9 Å². The van der Waals surface area contributed by atoms with Crippen LogP contribution in [0.5, 0.6) is 0 Å². The summed E-state index contributed by atoms with van der Waals surface area (Å²) in [5, 5.41) is 0. The van der Waals surface area contributed by atoms with Gasteiger partial charge in [-0.2, -0.15) is 0 Å². The Hall–Kier alpha value is -3.78. The predicted molar refractivity (Wildman–Crippen MR) is 144 cm³/mol. The lowest BCUT2D eigenvalue weighted by Crippen LogP contribution is -2.46. The smallest absolute Gasteiger partial charge is 0.435 e. The van der Waals surface area contributed by atoms with E-state index in [9.17, 15) is 9.59 Å². The molecule has 1 unspecified atom stereocenters. The largest absolute Gasteiger partial charge is 0.510 e. The van der Waals surface area contributed by atoms with Crippen LogP contribution < -0.4 is 10.7 Å². The maximum Gasteiger partial charge on any atom is 0.510 e. The summed E-state index contributed by atoms with van der Waals surface area (Å²) in [5.41, 5.74) is 6.00. The molecule has 1 aliphatic heterocycles. The van der Waals surface area contributed by atoms with E-state index in [1.165, 1.54) is 21.3 Å². The summed E-state index contributed by atoms with van der Waals surface area (Å²) >= 11 is 0. The Bertz CT molecular complexity index is 1380. The van der Waals surface area contributed by atoms with E-state index in [0.29, 0.717) is 11.1 Å². The normalized spacial score (nSPS) is 17.0. The van der Waals surface area contributed by atoms with Gasteiger partial charge in [-0.1, -0.05) is 48.6 Å². The van der Waals surface area contributed by atoms with Gasteiger partial charge in [0.1, 0.15) is 0 Å². The minimum absolute atomic E-state index is 0.198. The molecule has 0 bridgehead atoms. The highest BCUT2D eigenvalue weighted by molar-refractivity contribution is 5.87. The lowest BCUT2D eigenvalue weighted by Gasteiger charge is -2.36. The molecule has 5 rings (SSSR count). The van der Waals surface area contributed by atoms with E-state index >= 15 is 0 Å². The van der Waals surface area contributed by atoms with Crippen LogP contribution in [0.1, 0.15) is 44.0 Å². The third-order valence-corrected chi connectivity index (χ3v) is 6.94. The van der Waals surface area contributed by atoms with E-state index < -0.39 is 18.1 Å². The van der Waals surface area contributed by atoms with Crippen molar-refractivity contribution in [1.29, 1.82) is 0 Å². The van der Waals surface area contributed by atoms with Gasteiger partial charge in [0.05, 0.1) is 17.8 Å². The summed E-state index contributed by atoms with van der Waals surface area (Å²) in [7, 11) is 0. The van der Waals surface area contributed by atoms with Gasteiger partial charge in [0.25, 0.3) is 0 Å². The van der Waals surface area contributed by atoms with Crippen molar-refractivity contribution < 1.29 is 18.7 Å². The number of ether oxygens (including phenoxy) is 2. The number of para-hydroxylation sites is 1. The number of allylic oxidation sites excluding steroid dienone is 4. The van der Waals surface area contributed by atoms with Crippen molar-refractivity contribution in [2.75, 3.05) is 37.7 Å². The number of nitrogens with zero attached hydrogens (tertiary/aromatic N) is 3. The minimum Gasteiger partial charge on any atom is -0.435 e. The third-order valence-electron chi connectivity index (χ3n) is 6.94. The fourth-order valence-electron chi connectivity index (χ4n) is 5.10. The van der Waals surface area contributed by atoms with E-state index in [4.69, 9.17) is 13.9 Å². The van der Waals surface area contributed by atoms with E-state index in [1.54, 1.807) is 19.9 Å². The SMILES string of the molecule is CCOC(=O)OC(C)n1c(=O)oc2c(N3CCN(Cc4cccc(C5=CC=CCC5)c4)CC3)cccc21. The summed E-state index contributed by atoms with van der Waals surface area (Å²) in [6.07, 6.45) is 7.11. The Balaban J connectivity index is 1.27. The Labute approximate surface area is 216 Å². The van der Waals surface area contributed by atoms with Gasteiger partial charge in [0.15, 0.2) is 11.8 Å². The number of hydrogen-bond donors (Lipinski definition) is 0. The second kappa shape index (κ2) is 11.1. The standard InChI is InChI=1S/C29H33N3O5/c1-3-35-29(34)36-21(2)32-26-14-8-13-25(27(26)37-28(32)33)31-17-15-30(16-18-31)20-22-9-7-12-24(19-22)23-10-5-4-6-11-23/h4-5,7-10,12-14,19,21H,3,6,11,15-18,20H2,1-2H3. The molecular formula is C29H33N3O5. The molecule has 8 heteroatoms. The fraction of sp³-hybridized carbons (Fsp3) is 0.379. The van der Waals surface area contributed by atoms with E-state index in [2.05, 4.69) is 52.3 Å². The average Bonchev–Trinajstić information content (AvgIpc) is 3.26. The van der Waals surface area contributed by atoms with Gasteiger partial charge in [-0.15, -0.1) is 0 Å². The van der Waals surface area contributed by atoms with Crippen molar-refractivity contribution in [3.05, 3.63) is 82.4 Å². The molecule has 37 heavy (non-hydrogen) atoms. The molecule has 1 aliphatic carbocycles. The Morgan fingerprint density at radius 1 is 1.11 bits per heavy atom. The molecule has 1 saturated heterocycles. The van der Waals surface area contributed by atoms with Gasteiger partial charge in [-0.3, -0.25) is 4.90 Å². The van der Waals surface area contributed by atoms with E-state index in [1.807, 2.05) is 12.1 Å². The van der Waals surface area contributed by atoms with Crippen LogP contribution in [-0.2, 0) is 16.0 Å². The van der Waals surface area contributed by atoms with Crippen LogP contribution >= 0.6 is 0 Å². The Kier molecular flexibility index (Phi) is 7.46. The number of hydrogen-bond acceptors (Lipinski definition) is 7. The van der Waals surface area contributed by atoms with Crippen molar-refractivity contribution in [2.45, 2.75) is 39.5 Å². The molecule has 194 valence electrons. The molecule has 2 aliphatic rings. The molecule has 3 aromatic rings. The maximum atomic E-state index is 12.7. The second-order valence-corrected chi connectivity index (χ2v) is 9.39. The van der Waals surface area contributed by atoms with E-state index in [0.717, 1.165) is 51.3 Å². The van der Waals surface area contributed by atoms with Crippen molar-refractivity contribution in [3.8, 4) is 0 Å². The number of oxazole rings is 1. The quantitative estimate of drug-likeness (QED) is 0.403. The summed E-state index contributed by atoms with van der Waals surface area (Å²) in [4.78, 5) is 29.2. The zero-order valence-corrected chi connectivity index (χ0v) is 21.4. The lowest BCUT2D eigenvalue weighted by molar-refractivity contribution is 0.00556. The number of aromatic nitrogens is 1. The first kappa shape index (κ1) is 24.9. The molecule has 1 atom stereocenters. The number of carbonyl (C=O) groups excluding carboxylic acids is 1. The zero-order chi connectivity index (χ0) is 25.8. The molecule has 0 radical (unpaired) electrons. The topological polar surface area (TPSA) is 77.1 Å². The zero-order valence-electron chi connectivity index (χ0n) is 21.4. The second-order valence-electron chi connectivity index (χ2n) is 9.39. The molecule has 8 nitrogen and oxygen atoms in total. The van der Waals surface area contributed by atoms with Crippen LogP contribution in [0.2, 0.25) is 0 Å². The first-order chi connectivity index (χ1) is 18.0. The van der Waals surface area contributed by atoms with Gasteiger partial charge in [0.2, 0.25) is 0 Å². The summed E-state index contributed by atoms with van der Waals surface area (Å²) < 4.78 is 17.1. The van der Waals surface area contributed by atoms with Crippen LogP contribution in [0.25, 0.3) is 16.7 Å². The van der Waals surface area contributed by atoms with Gasteiger partial charge in [0, 0.05) is 32.7 Å². The molecular weight excluding hydrogens is 470 g/mol. The molecule has 2 heterocycles. The Morgan fingerprint density at radius 2 is 1.92 bits per heavy atom. The van der Waals surface area contributed by atoms with Crippen molar-refractivity contribution in [3.63, 3.8) is 0 Å². The average molecular weight is 504 g/mol. The summed E-state index contributed by atoms with van der Waals surface area (Å²) in [6.45, 7) is 7.86. The number of piperazine rings is 1. The number of fused-ring (bicyclic) bond motifs is 1. The minimum atomic E-state index is -0.851. The van der Waals surface area contributed by atoms with Gasteiger partial charge in [-0.25, -0.2) is 14.2 Å². The highest BCUT2D eigenvalue weighted by atomic mass is 16.7. The highest BCUT2D eigenvalue weighted by Crippen LogP contribution is 2.29. The van der Waals surface area contributed by atoms with Gasteiger partial charge < -0.3 is 18.8 Å². The van der Waals surface area contributed by atoms with Crippen LogP contribution in [0.15, 0.2) is 69.9 Å². The molecule has 1 fully saturated rings. The lowest BCUT2D eigenvalue weighted by atomic mass is 9.96. The number of anilines is 1. The first-order valence-corrected chi connectivity index (χ1v) is 12.9. The fourth-order valence-corrected chi connectivity index (χ4v) is 5.10. The number of rotatable bonds is 7. The van der Waals surface area contributed by atoms with Crippen LogP contribution in [0, 0.1) is 0 Å².